The van der Waals surface area contributed by atoms with E-state index in [2.05, 4.69) is 21.1 Å². The number of Topliss-reactive ketones (excluding diaryl/α,β-unsaturated/α-hetero) is 1. The van der Waals surface area contributed by atoms with Gasteiger partial charge in [0.1, 0.15) is 6.61 Å². The van der Waals surface area contributed by atoms with Gasteiger partial charge in [-0.1, -0.05) is 21.1 Å². The number of rotatable bonds is 7. The molecule has 0 saturated heterocycles. The summed E-state index contributed by atoms with van der Waals surface area (Å²) in [6, 6.07) is 6.27. The van der Waals surface area contributed by atoms with Crippen LogP contribution in [0.4, 0.5) is 0 Å². The Kier molecular flexibility index (Phi) is 6.17. The van der Waals surface area contributed by atoms with Crippen molar-refractivity contribution in [1.29, 1.82) is 0 Å². The second-order valence-corrected chi connectivity index (χ2v) is 4.32. The molecule has 7 heteroatoms. The van der Waals surface area contributed by atoms with E-state index >= 15 is 0 Å². The van der Waals surface area contributed by atoms with Crippen LogP contribution in [0.1, 0.15) is 10.4 Å². The Morgan fingerprint density at radius 2 is 1.89 bits per heavy atom. The second kappa shape index (κ2) is 7.65. The predicted octanol–water partition coefficient (Wildman–Crippen LogP) is 1.74. The Balaban J connectivity index is 2.84. The largest absolute Gasteiger partial charge is 0.476 e. The van der Waals surface area contributed by atoms with Crippen LogP contribution in [-0.4, -0.2) is 42.9 Å². The number of methoxy groups -OCH3 is 1. The Hall–Kier alpha value is -1.73. The molecule has 0 aliphatic rings. The van der Waals surface area contributed by atoms with Crippen molar-refractivity contribution in [3.63, 3.8) is 0 Å². The van der Waals surface area contributed by atoms with Crippen molar-refractivity contribution in [2.45, 2.75) is 0 Å². The summed E-state index contributed by atoms with van der Waals surface area (Å²) in [6.07, 6.45) is 0. The number of benzene rings is 1. The topological polar surface area (TPSA) is 85.2 Å². The number of carbonyl (C=O) groups excluding carboxylic acids is 1. The summed E-state index contributed by atoms with van der Waals surface area (Å²) in [6.45, 7) is 0.323. The van der Waals surface area contributed by atoms with Crippen LogP contribution in [0.2, 0.25) is 0 Å². The monoisotopic (exact) mass is 329 g/mol. The van der Waals surface area contributed by atoms with Gasteiger partial charge in [0.15, 0.2) is 0 Å². The number of hydrogen-bond donors (Lipinski definition) is 1. The van der Waals surface area contributed by atoms with E-state index in [0.29, 0.717) is 0 Å². The third-order valence-corrected chi connectivity index (χ3v) is 2.59. The molecule has 1 aromatic rings. The lowest BCUT2D eigenvalue weighted by Gasteiger charge is -2.02. The van der Waals surface area contributed by atoms with E-state index in [1.165, 1.54) is 19.2 Å². The van der Waals surface area contributed by atoms with Gasteiger partial charge in [0.25, 0.3) is 0 Å². The van der Waals surface area contributed by atoms with Crippen molar-refractivity contribution in [2.24, 2.45) is 5.16 Å². The lowest BCUT2D eigenvalue weighted by atomic mass is 10.1. The Morgan fingerprint density at radius 3 is 2.42 bits per heavy atom. The van der Waals surface area contributed by atoms with E-state index in [4.69, 9.17) is 14.7 Å². The van der Waals surface area contributed by atoms with Crippen molar-refractivity contribution in [3.8, 4) is 0 Å². The number of carboxylic acids is 1. The average Bonchev–Trinajstić information content (AvgIpc) is 2.38. The number of oxime groups is 1. The first-order valence-corrected chi connectivity index (χ1v) is 6.08. The van der Waals surface area contributed by atoms with Crippen LogP contribution in [0.5, 0.6) is 0 Å². The summed E-state index contributed by atoms with van der Waals surface area (Å²) < 4.78 is 5.50. The van der Waals surface area contributed by atoms with E-state index in [1.54, 1.807) is 12.1 Å². The van der Waals surface area contributed by atoms with Gasteiger partial charge in [-0.2, -0.15) is 0 Å². The zero-order chi connectivity index (χ0) is 14.3. The summed E-state index contributed by atoms with van der Waals surface area (Å²) in [7, 11) is 1.47. The molecule has 6 nitrogen and oxygen atoms in total. The van der Waals surface area contributed by atoms with Crippen LogP contribution in [0.15, 0.2) is 33.9 Å². The smallest absolute Gasteiger partial charge is 0.362 e. The SMILES string of the molecule is COCCON=C(C(=O)O)C(=O)c1ccc(Br)cc1. The molecule has 0 bridgehead atoms. The van der Waals surface area contributed by atoms with Gasteiger partial charge in [0.05, 0.1) is 6.61 Å². The average molecular weight is 330 g/mol. The quantitative estimate of drug-likeness (QED) is 0.271. The number of ketones is 1. The standard InChI is InChI=1S/C12H12BrNO5/c1-18-6-7-19-14-10(12(16)17)11(15)8-2-4-9(13)5-3-8/h2-5H,6-7H2,1H3,(H,16,17). The molecule has 0 spiro atoms. The first-order chi connectivity index (χ1) is 9.06. The number of ether oxygens (including phenoxy) is 1. The fourth-order valence-electron chi connectivity index (χ4n) is 1.15. The third kappa shape index (κ3) is 4.80. The number of hydrogen-bond acceptors (Lipinski definition) is 5. The van der Waals surface area contributed by atoms with Crippen LogP contribution < -0.4 is 0 Å². The van der Waals surface area contributed by atoms with Crippen LogP contribution in [0, 0.1) is 0 Å². The van der Waals surface area contributed by atoms with Gasteiger partial charge >= 0.3 is 5.97 Å². The van der Waals surface area contributed by atoms with Crippen LogP contribution >= 0.6 is 15.9 Å². The lowest BCUT2D eigenvalue weighted by Crippen LogP contribution is -2.24. The zero-order valence-corrected chi connectivity index (χ0v) is 11.7. The summed E-state index contributed by atoms with van der Waals surface area (Å²) in [5.74, 6) is -2.15. The zero-order valence-electron chi connectivity index (χ0n) is 10.1. The van der Waals surface area contributed by atoms with Gasteiger partial charge < -0.3 is 14.7 Å². The van der Waals surface area contributed by atoms with Crippen molar-refractivity contribution >= 4 is 33.4 Å². The van der Waals surface area contributed by atoms with Crippen molar-refractivity contribution < 1.29 is 24.3 Å². The summed E-state index contributed by atoms with van der Waals surface area (Å²) in [5.41, 5.74) is -0.446. The minimum absolute atomic E-state index is 0.0703. The van der Waals surface area contributed by atoms with Gasteiger partial charge in [-0.05, 0) is 24.3 Å². The minimum Gasteiger partial charge on any atom is -0.476 e. The molecule has 0 unspecified atom stereocenters. The number of nitrogens with zero attached hydrogens (tertiary/aromatic N) is 1. The van der Waals surface area contributed by atoms with E-state index in [-0.39, 0.29) is 18.8 Å². The Bertz CT molecular complexity index is 483. The molecule has 0 atom stereocenters. The van der Waals surface area contributed by atoms with Crippen molar-refractivity contribution in [1.82, 2.24) is 0 Å². The molecule has 1 N–H and O–H groups in total. The van der Waals surface area contributed by atoms with E-state index in [1.807, 2.05) is 0 Å². The predicted molar refractivity (Wildman–Crippen MR) is 71.4 cm³/mol. The van der Waals surface area contributed by atoms with Gasteiger partial charge in [-0.15, -0.1) is 0 Å². The van der Waals surface area contributed by atoms with Crippen molar-refractivity contribution in [2.75, 3.05) is 20.3 Å². The minimum atomic E-state index is -1.44. The molecule has 1 aromatic carbocycles. The number of carbonyl (C=O) groups is 2. The molecule has 0 aliphatic heterocycles. The normalized spacial score (nSPS) is 11.2. The highest BCUT2D eigenvalue weighted by atomic mass is 79.9. The molecule has 0 saturated carbocycles. The van der Waals surface area contributed by atoms with Crippen LogP contribution in [-0.2, 0) is 14.4 Å². The molecule has 102 valence electrons. The number of aliphatic carboxylic acids is 1. The summed E-state index contributed by atoms with van der Waals surface area (Å²) in [4.78, 5) is 27.6. The Labute approximate surface area is 118 Å². The summed E-state index contributed by atoms with van der Waals surface area (Å²) in [5, 5.41) is 12.3. The fourth-order valence-corrected chi connectivity index (χ4v) is 1.41. The Morgan fingerprint density at radius 1 is 1.26 bits per heavy atom. The lowest BCUT2D eigenvalue weighted by molar-refractivity contribution is -0.129. The molecule has 19 heavy (non-hydrogen) atoms. The highest BCUT2D eigenvalue weighted by Crippen LogP contribution is 2.11. The highest BCUT2D eigenvalue weighted by molar-refractivity contribution is 9.10. The fraction of sp³-hybridized carbons (Fsp3) is 0.250. The van der Waals surface area contributed by atoms with E-state index in [9.17, 15) is 9.59 Å². The number of carboxylic acid groups (broad SMARTS) is 1. The highest BCUT2D eigenvalue weighted by Gasteiger charge is 2.22. The molecular weight excluding hydrogens is 318 g/mol. The molecular formula is C12H12BrNO5. The molecule has 0 heterocycles. The van der Waals surface area contributed by atoms with E-state index in [0.717, 1.165) is 4.47 Å². The first kappa shape index (κ1) is 15.3. The summed E-state index contributed by atoms with van der Waals surface area (Å²) >= 11 is 3.22. The van der Waals surface area contributed by atoms with Crippen molar-refractivity contribution in [3.05, 3.63) is 34.3 Å². The van der Waals surface area contributed by atoms with E-state index < -0.39 is 17.5 Å². The second-order valence-electron chi connectivity index (χ2n) is 3.41. The molecule has 0 aromatic heterocycles. The third-order valence-electron chi connectivity index (χ3n) is 2.06. The van der Waals surface area contributed by atoms with Gasteiger partial charge in [-0.3, -0.25) is 4.79 Å². The van der Waals surface area contributed by atoms with Crippen LogP contribution in [0.3, 0.4) is 0 Å². The molecule has 1 rings (SSSR count). The molecule has 0 radical (unpaired) electrons. The first-order valence-electron chi connectivity index (χ1n) is 5.28. The van der Waals surface area contributed by atoms with Crippen LogP contribution in [0.25, 0.3) is 0 Å². The maximum absolute atomic E-state index is 11.9. The van der Waals surface area contributed by atoms with Gasteiger partial charge in [0, 0.05) is 17.1 Å². The molecule has 0 aliphatic carbocycles. The maximum atomic E-state index is 11.9. The molecule has 0 fully saturated rings. The maximum Gasteiger partial charge on any atom is 0.362 e. The molecule has 0 amide bonds. The van der Waals surface area contributed by atoms with Gasteiger partial charge in [0.2, 0.25) is 11.5 Å². The van der Waals surface area contributed by atoms with Gasteiger partial charge in [-0.25, -0.2) is 4.79 Å². The number of halogens is 1.